The van der Waals surface area contributed by atoms with Gasteiger partial charge in [-0.3, -0.25) is 0 Å². The molecule has 0 radical (unpaired) electrons. The zero-order chi connectivity index (χ0) is 14.4. The first kappa shape index (κ1) is 12.2. The van der Waals surface area contributed by atoms with Gasteiger partial charge in [0.05, 0.1) is 11.0 Å². The van der Waals surface area contributed by atoms with Crippen molar-refractivity contribution in [2.45, 2.75) is 0 Å². The molecular weight excluding hydrogens is 286 g/mol. The Morgan fingerprint density at radius 3 is 2.43 bits per heavy atom. The molecule has 2 aromatic carbocycles. The number of benzene rings is 2. The van der Waals surface area contributed by atoms with Crippen LogP contribution in [0.2, 0.25) is 5.15 Å². The van der Waals surface area contributed by atoms with Crippen molar-refractivity contribution in [2.24, 2.45) is 0 Å². The highest BCUT2D eigenvalue weighted by atomic mass is 35.5. The first-order valence-electron chi connectivity index (χ1n) is 6.46. The summed E-state index contributed by atoms with van der Waals surface area (Å²) in [5.41, 5.74) is 2.06. The van der Waals surface area contributed by atoms with E-state index >= 15 is 0 Å². The lowest BCUT2D eigenvalue weighted by atomic mass is 10.1. The summed E-state index contributed by atoms with van der Waals surface area (Å²) in [6, 6.07) is 15.0. The van der Waals surface area contributed by atoms with E-state index in [1.54, 1.807) is 0 Å². The van der Waals surface area contributed by atoms with Crippen LogP contribution in [0.1, 0.15) is 0 Å². The Bertz CT molecular complexity index is 945. The van der Waals surface area contributed by atoms with Crippen molar-refractivity contribution < 1.29 is 5.11 Å². The maximum atomic E-state index is 10.5. The number of aromatic hydroxyl groups is 1. The molecule has 2 N–H and O–H groups in total. The Morgan fingerprint density at radius 2 is 1.62 bits per heavy atom. The number of imidazole rings is 1. The summed E-state index contributed by atoms with van der Waals surface area (Å²) in [7, 11) is 0. The predicted molar refractivity (Wildman–Crippen MR) is 83.5 cm³/mol. The number of H-pyrrole nitrogens is 1. The molecule has 0 aliphatic heterocycles. The van der Waals surface area contributed by atoms with Gasteiger partial charge >= 0.3 is 0 Å². The molecule has 0 amide bonds. The summed E-state index contributed by atoms with van der Waals surface area (Å²) < 4.78 is 0. The van der Waals surface area contributed by atoms with Crippen LogP contribution in [-0.2, 0) is 0 Å². The van der Waals surface area contributed by atoms with Crippen LogP contribution in [0.4, 0.5) is 0 Å². The van der Waals surface area contributed by atoms with Gasteiger partial charge in [0.25, 0.3) is 0 Å². The number of rotatable bonds is 1. The lowest BCUT2D eigenvalue weighted by Crippen LogP contribution is -1.90. The third kappa shape index (κ3) is 1.84. The van der Waals surface area contributed by atoms with Gasteiger partial charge in [-0.2, -0.15) is 0 Å². The van der Waals surface area contributed by atoms with Crippen LogP contribution in [0.15, 0.2) is 48.5 Å². The molecule has 0 saturated carbocycles. The number of aromatic amines is 1. The smallest absolute Gasteiger partial charge is 0.161 e. The number of hydrogen-bond acceptors (Lipinski definition) is 3. The monoisotopic (exact) mass is 295 g/mol. The molecule has 0 atom stereocenters. The highest BCUT2D eigenvalue weighted by Crippen LogP contribution is 2.36. The van der Waals surface area contributed by atoms with Crippen molar-refractivity contribution in [3.8, 4) is 17.3 Å². The molecule has 0 saturated heterocycles. The van der Waals surface area contributed by atoms with E-state index in [1.165, 1.54) is 0 Å². The summed E-state index contributed by atoms with van der Waals surface area (Å²) in [5.74, 6) is 0.579. The van der Waals surface area contributed by atoms with Crippen LogP contribution in [0, 0.1) is 0 Å². The Balaban J connectivity index is 2.03. The molecule has 0 fully saturated rings. The molecule has 2 heterocycles. The highest BCUT2D eigenvalue weighted by molar-refractivity contribution is 6.34. The topological polar surface area (TPSA) is 61.8 Å². The Kier molecular flexibility index (Phi) is 2.59. The van der Waals surface area contributed by atoms with Gasteiger partial charge in [-0.25, -0.2) is 9.97 Å². The summed E-state index contributed by atoms with van der Waals surface area (Å²) in [6.45, 7) is 0. The number of para-hydroxylation sites is 2. The molecule has 0 aliphatic carbocycles. The van der Waals surface area contributed by atoms with E-state index in [0.29, 0.717) is 22.1 Å². The SMILES string of the molecule is Oc1c(-c2nc3ccccc3[nH]2)nc(Cl)c2ccccc12. The fourth-order valence-electron chi connectivity index (χ4n) is 2.44. The van der Waals surface area contributed by atoms with E-state index in [9.17, 15) is 5.11 Å². The normalized spacial score (nSPS) is 11.3. The second-order valence-electron chi connectivity index (χ2n) is 4.75. The summed E-state index contributed by atoms with van der Waals surface area (Å²) >= 11 is 6.22. The zero-order valence-electron chi connectivity index (χ0n) is 10.8. The standard InChI is InChI=1S/C16H10ClN3O/c17-15-10-6-2-1-5-9(10)14(21)13(20-15)16-18-11-7-3-4-8-12(11)19-16/h1-8,21H,(H,18,19). The van der Waals surface area contributed by atoms with Crippen LogP contribution in [0.3, 0.4) is 0 Å². The van der Waals surface area contributed by atoms with Gasteiger partial charge in [-0.15, -0.1) is 0 Å². The van der Waals surface area contributed by atoms with E-state index in [1.807, 2.05) is 48.5 Å². The predicted octanol–water partition coefficient (Wildman–Crippen LogP) is 4.14. The quantitative estimate of drug-likeness (QED) is 0.519. The fourth-order valence-corrected chi connectivity index (χ4v) is 2.69. The van der Waals surface area contributed by atoms with Crippen LogP contribution in [-0.4, -0.2) is 20.1 Å². The molecule has 21 heavy (non-hydrogen) atoms. The van der Waals surface area contributed by atoms with Crippen molar-refractivity contribution in [1.29, 1.82) is 0 Å². The first-order valence-corrected chi connectivity index (χ1v) is 6.84. The maximum absolute atomic E-state index is 10.5. The van der Waals surface area contributed by atoms with Crippen molar-refractivity contribution in [3.05, 3.63) is 53.7 Å². The number of aromatic nitrogens is 3. The molecule has 4 rings (SSSR count). The highest BCUT2D eigenvalue weighted by Gasteiger charge is 2.16. The number of fused-ring (bicyclic) bond motifs is 2. The minimum absolute atomic E-state index is 0.0778. The van der Waals surface area contributed by atoms with E-state index in [2.05, 4.69) is 15.0 Å². The van der Waals surface area contributed by atoms with Crippen molar-refractivity contribution in [1.82, 2.24) is 15.0 Å². The summed E-state index contributed by atoms with van der Waals surface area (Å²) in [5, 5.41) is 12.2. The van der Waals surface area contributed by atoms with Crippen LogP contribution < -0.4 is 0 Å². The molecule has 0 aliphatic rings. The molecule has 0 spiro atoms. The first-order chi connectivity index (χ1) is 10.2. The van der Waals surface area contributed by atoms with Crippen LogP contribution in [0.25, 0.3) is 33.3 Å². The molecule has 0 unspecified atom stereocenters. The van der Waals surface area contributed by atoms with Gasteiger partial charge in [0.1, 0.15) is 10.8 Å². The molecule has 2 aromatic heterocycles. The van der Waals surface area contributed by atoms with Gasteiger partial charge in [0.2, 0.25) is 0 Å². The lowest BCUT2D eigenvalue weighted by molar-refractivity contribution is 0.481. The Labute approximate surface area is 125 Å². The number of hydrogen-bond donors (Lipinski definition) is 2. The zero-order valence-corrected chi connectivity index (χ0v) is 11.6. The average molecular weight is 296 g/mol. The van der Waals surface area contributed by atoms with E-state index < -0.39 is 0 Å². The van der Waals surface area contributed by atoms with E-state index in [-0.39, 0.29) is 5.75 Å². The van der Waals surface area contributed by atoms with E-state index in [4.69, 9.17) is 11.6 Å². The molecule has 4 nitrogen and oxygen atoms in total. The number of halogens is 1. The van der Waals surface area contributed by atoms with Crippen molar-refractivity contribution in [3.63, 3.8) is 0 Å². The molecule has 4 aromatic rings. The number of pyridine rings is 1. The fraction of sp³-hybridized carbons (Fsp3) is 0. The van der Waals surface area contributed by atoms with Gasteiger partial charge in [0, 0.05) is 10.8 Å². The lowest BCUT2D eigenvalue weighted by Gasteiger charge is -2.06. The molecule has 0 bridgehead atoms. The van der Waals surface area contributed by atoms with Gasteiger partial charge in [-0.1, -0.05) is 48.0 Å². The van der Waals surface area contributed by atoms with Crippen LogP contribution >= 0.6 is 11.6 Å². The maximum Gasteiger partial charge on any atom is 0.161 e. The second kappa shape index (κ2) is 4.46. The average Bonchev–Trinajstić information content (AvgIpc) is 2.94. The second-order valence-corrected chi connectivity index (χ2v) is 5.11. The molecule has 102 valence electrons. The van der Waals surface area contributed by atoms with Crippen LogP contribution in [0.5, 0.6) is 5.75 Å². The molecule has 5 heteroatoms. The van der Waals surface area contributed by atoms with Gasteiger partial charge in [0.15, 0.2) is 11.6 Å². The van der Waals surface area contributed by atoms with Crippen molar-refractivity contribution in [2.75, 3.05) is 0 Å². The summed E-state index contributed by atoms with van der Waals surface area (Å²) in [4.78, 5) is 11.9. The Morgan fingerprint density at radius 1 is 0.905 bits per heavy atom. The minimum atomic E-state index is 0.0778. The van der Waals surface area contributed by atoms with Gasteiger partial charge < -0.3 is 10.1 Å². The summed E-state index contributed by atoms with van der Waals surface area (Å²) in [6.07, 6.45) is 0. The largest absolute Gasteiger partial charge is 0.505 e. The third-order valence-electron chi connectivity index (χ3n) is 3.45. The molecular formula is C16H10ClN3O. The van der Waals surface area contributed by atoms with Gasteiger partial charge in [-0.05, 0) is 12.1 Å². The third-order valence-corrected chi connectivity index (χ3v) is 3.74. The number of nitrogens with one attached hydrogen (secondary N) is 1. The number of nitrogens with zero attached hydrogens (tertiary/aromatic N) is 2. The Hall–Kier alpha value is -2.59. The minimum Gasteiger partial charge on any atom is -0.505 e. The van der Waals surface area contributed by atoms with E-state index in [0.717, 1.165) is 16.4 Å². The van der Waals surface area contributed by atoms with Crippen molar-refractivity contribution >= 4 is 33.4 Å².